The van der Waals surface area contributed by atoms with Crippen LogP contribution in [0.25, 0.3) is 11.1 Å². The Morgan fingerprint density at radius 3 is 1.68 bits per heavy atom. The van der Waals surface area contributed by atoms with Gasteiger partial charge >= 0.3 is 12.8 Å². The Hall–Kier alpha value is -0.660. The second-order valence-electron chi connectivity index (χ2n) is 4.50. The molecule has 0 aliphatic carbocycles. The molecule has 0 radical (unpaired) electrons. The molecule has 0 unspecified atom stereocenters. The second-order valence-corrected chi connectivity index (χ2v) is 6.39. The van der Waals surface area contributed by atoms with Gasteiger partial charge in [-0.1, -0.05) is 64.1 Å². The summed E-state index contributed by atoms with van der Waals surface area (Å²) in [5.74, 6) is -0.803. The lowest BCUT2D eigenvalue weighted by molar-refractivity contribution is -0.137. The first-order chi connectivity index (χ1) is 11.5. The van der Waals surface area contributed by atoms with E-state index < -0.39 is 45.3 Å². The molecule has 0 N–H and O–H groups in total. The van der Waals surface area contributed by atoms with E-state index in [0.717, 1.165) is 12.1 Å². The van der Waals surface area contributed by atoms with E-state index in [-0.39, 0.29) is 15.1 Å². The number of hydrogen-bond acceptors (Lipinski definition) is 1. The van der Waals surface area contributed by atoms with E-state index in [2.05, 4.69) is 4.74 Å². The first-order valence-electron chi connectivity index (χ1n) is 6.13. The fourth-order valence-corrected chi connectivity index (χ4v) is 3.37. The molecule has 1 nitrogen and oxygen atoms in total. The third kappa shape index (κ3) is 4.03. The van der Waals surface area contributed by atoms with Crippen LogP contribution in [-0.2, 0) is 6.18 Å². The molecule has 0 bridgehead atoms. The van der Waals surface area contributed by atoms with Crippen LogP contribution in [0.4, 0.5) is 22.0 Å². The summed E-state index contributed by atoms with van der Waals surface area (Å²) >= 11 is 29.5. The lowest BCUT2D eigenvalue weighted by Crippen LogP contribution is -2.11. The van der Waals surface area contributed by atoms with Crippen LogP contribution in [0.1, 0.15) is 5.56 Å². The van der Waals surface area contributed by atoms with E-state index in [9.17, 15) is 22.0 Å². The first-order valence-corrected chi connectivity index (χ1v) is 8.02. The Labute approximate surface area is 163 Å². The van der Waals surface area contributed by atoms with E-state index >= 15 is 0 Å². The van der Waals surface area contributed by atoms with Crippen LogP contribution in [0, 0.1) is 0 Å². The standard InChI is InChI=1S/C14H4Cl5F5O/c15-8-7(9(16)11(18)12(19)10(8)17)6-4(14(22,23)24)2-1-3-5(6)25-13(20)21/h1-3,13H. The molecule has 11 heteroatoms. The Morgan fingerprint density at radius 1 is 0.760 bits per heavy atom. The highest BCUT2D eigenvalue weighted by Crippen LogP contribution is 2.53. The minimum atomic E-state index is -4.93. The summed E-state index contributed by atoms with van der Waals surface area (Å²) in [5, 5.41) is -2.03. The number of ether oxygens (including phenoxy) is 1. The first kappa shape index (κ1) is 20.6. The smallest absolute Gasteiger partial charge is 0.417 e. The van der Waals surface area contributed by atoms with Crippen LogP contribution in [0.3, 0.4) is 0 Å². The SMILES string of the molecule is FC(F)Oc1cccc(C(F)(F)F)c1-c1c(Cl)c(Cl)c(Cl)c(Cl)c1Cl. The van der Waals surface area contributed by atoms with Gasteiger partial charge in [0.25, 0.3) is 0 Å². The number of benzene rings is 2. The van der Waals surface area contributed by atoms with Gasteiger partial charge in [0.05, 0.1) is 30.7 Å². The zero-order valence-electron chi connectivity index (χ0n) is 11.5. The van der Waals surface area contributed by atoms with Crippen molar-refractivity contribution in [1.29, 1.82) is 0 Å². The van der Waals surface area contributed by atoms with E-state index in [1.165, 1.54) is 0 Å². The number of alkyl halides is 5. The second kappa shape index (κ2) is 7.53. The van der Waals surface area contributed by atoms with Gasteiger partial charge in [0.15, 0.2) is 0 Å². The number of hydrogen-bond donors (Lipinski definition) is 0. The Balaban J connectivity index is 2.96. The Bertz CT molecular complexity index is 793. The van der Waals surface area contributed by atoms with Crippen molar-refractivity contribution in [2.75, 3.05) is 0 Å². The molecule has 0 heterocycles. The third-order valence-electron chi connectivity index (χ3n) is 3.01. The van der Waals surface area contributed by atoms with Crippen molar-refractivity contribution < 1.29 is 26.7 Å². The van der Waals surface area contributed by atoms with Gasteiger partial charge in [0, 0.05) is 11.1 Å². The highest BCUT2D eigenvalue weighted by molar-refractivity contribution is 6.56. The molecular formula is C14H4Cl5F5O. The lowest BCUT2D eigenvalue weighted by atomic mass is 9.97. The van der Waals surface area contributed by atoms with Crippen molar-refractivity contribution in [3.05, 3.63) is 48.9 Å². The molecule has 0 amide bonds. The number of halogens is 10. The fraction of sp³-hybridized carbons (Fsp3) is 0.143. The van der Waals surface area contributed by atoms with Gasteiger partial charge in [-0.05, 0) is 12.1 Å². The molecule has 0 aromatic heterocycles. The highest BCUT2D eigenvalue weighted by atomic mass is 35.5. The van der Waals surface area contributed by atoms with Crippen LogP contribution < -0.4 is 4.74 Å². The van der Waals surface area contributed by atoms with Gasteiger partial charge in [-0.2, -0.15) is 22.0 Å². The maximum absolute atomic E-state index is 13.4. The van der Waals surface area contributed by atoms with Crippen molar-refractivity contribution in [2.24, 2.45) is 0 Å². The molecule has 136 valence electrons. The maximum Gasteiger partial charge on any atom is 0.417 e. The lowest BCUT2D eigenvalue weighted by Gasteiger charge is -2.20. The molecule has 0 aliphatic rings. The van der Waals surface area contributed by atoms with Crippen LogP contribution in [0.15, 0.2) is 18.2 Å². The average molecular weight is 460 g/mol. The molecule has 0 fully saturated rings. The topological polar surface area (TPSA) is 9.23 Å². The van der Waals surface area contributed by atoms with Crippen LogP contribution in [0.5, 0.6) is 5.75 Å². The van der Waals surface area contributed by atoms with Crippen molar-refractivity contribution in [2.45, 2.75) is 12.8 Å². The predicted octanol–water partition coefficient (Wildman–Crippen LogP) is 8.24. The van der Waals surface area contributed by atoms with Crippen LogP contribution in [0.2, 0.25) is 25.1 Å². The summed E-state index contributed by atoms with van der Waals surface area (Å²) in [7, 11) is 0. The summed E-state index contributed by atoms with van der Waals surface area (Å²) in [6.45, 7) is -3.39. The quantitative estimate of drug-likeness (QED) is 0.255. The molecule has 0 saturated carbocycles. The van der Waals surface area contributed by atoms with Gasteiger partial charge in [-0.3, -0.25) is 0 Å². The van der Waals surface area contributed by atoms with Crippen molar-refractivity contribution in [3.63, 3.8) is 0 Å². The zero-order chi connectivity index (χ0) is 19.1. The van der Waals surface area contributed by atoms with Crippen LogP contribution >= 0.6 is 58.0 Å². The number of rotatable bonds is 3. The molecule has 0 spiro atoms. The predicted molar refractivity (Wildman–Crippen MR) is 88.6 cm³/mol. The summed E-state index contributed by atoms with van der Waals surface area (Å²) in [4.78, 5) is 0. The van der Waals surface area contributed by atoms with Gasteiger partial charge < -0.3 is 4.74 Å². The third-order valence-corrected chi connectivity index (χ3v) is 5.28. The molecule has 0 saturated heterocycles. The van der Waals surface area contributed by atoms with Crippen LogP contribution in [-0.4, -0.2) is 6.61 Å². The zero-order valence-corrected chi connectivity index (χ0v) is 15.3. The monoisotopic (exact) mass is 458 g/mol. The largest absolute Gasteiger partial charge is 0.434 e. The van der Waals surface area contributed by atoms with Crippen molar-refractivity contribution >= 4 is 58.0 Å². The van der Waals surface area contributed by atoms with Gasteiger partial charge in [-0.15, -0.1) is 0 Å². The molecule has 0 aliphatic heterocycles. The molecule has 0 atom stereocenters. The molecule has 2 aromatic rings. The maximum atomic E-state index is 13.4. The fourth-order valence-electron chi connectivity index (χ4n) is 2.04. The Morgan fingerprint density at radius 2 is 1.24 bits per heavy atom. The summed E-state index contributed by atoms with van der Waals surface area (Å²) in [6.07, 6.45) is -4.93. The Kier molecular flexibility index (Phi) is 6.22. The molecule has 2 rings (SSSR count). The average Bonchev–Trinajstić information content (AvgIpc) is 2.51. The summed E-state index contributed by atoms with van der Waals surface area (Å²) in [5.41, 5.74) is -2.67. The molecule has 25 heavy (non-hydrogen) atoms. The van der Waals surface area contributed by atoms with Gasteiger partial charge in [0.2, 0.25) is 0 Å². The summed E-state index contributed by atoms with van der Waals surface area (Å²) < 4.78 is 69.6. The van der Waals surface area contributed by atoms with E-state index in [4.69, 9.17) is 58.0 Å². The van der Waals surface area contributed by atoms with Gasteiger partial charge in [0.1, 0.15) is 5.75 Å². The van der Waals surface area contributed by atoms with E-state index in [1.54, 1.807) is 0 Å². The van der Waals surface area contributed by atoms with E-state index in [0.29, 0.717) is 6.07 Å². The van der Waals surface area contributed by atoms with Crippen molar-refractivity contribution in [1.82, 2.24) is 0 Å². The minimum absolute atomic E-state index is 0.289. The van der Waals surface area contributed by atoms with Crippen molar-refractivity contribution in [3.8, 4) is 16.9 Å². The molecule has 2 aromatic carbocycles. The highest BCUT2D eigenvalue weighted by Gasteiger charge is 2.37. The normalized spacial score (nSPS) is 12.0. The van der Waals surface area contributed by atoms with Gasteiger partial charge in [-0.25, -0.2) is 0 Å². The summed E-state index contributed by atoms with van der Waals surface area (Å²) in [6, 6.07) is 2.45. The minimum Gasteiger partial charge on any atom is -0.434 e. The van der Waals surface area contributed by atoms with E-state index in [1.807, 2.05) is 0 Å². The molecular weight excluding hydrogens is 456 g/mol.